The van der Waals surface area contributed by atoms with Crippen LogP contribution in [0.2, 0.25) is 5.02 Å². The van der Waals surface area contributed by atoms with E-state index in [2.05, 4.69) is 4.98 Å². The quantitative estimate of drug-likeness (QED) is 0.927. The van der Waals surface area contributed by atoms with Crippen molar-refractivity contribution in [1.29, 1.82) is 0 Å². The molecule has 2 rings (SSSR count). The minimum atomic E-state index is -1.05. The summed E-state index contributed by atoms with van der Waals surface area (Å²) in [7, 11) is 0. The van der Waals surface area contributed by atoms with E-state index in [9.17, 15) is 13.9 Å². The predicted octanol–water partition coefficient (Wildman–Crippen LogP) is 3.29. The Balaban J connectivity index is 2.19. The van der Waals surface area contributed by atoms with Crippen LogP contribution in [0.15, 0.2) is 36.7 Å². The molecule has 1 aromatic heterocycles. The molecule has 0 saturated carbocycles. The van der Waals surface area contributed by atoms with Gasteiger partial charge in [-0.15, -0.1) is 0 Å². The van der Waals surface area contributed by atoms with E-state index in [-0.39, 0.29) is 17.0 Å². The van der Waals surface area contributed by atoms with Gasteiger partial charge in [0.2, 0.25) is 0 Å². The maximum absolute atomic E-state index is 13.4. The Kier molecular flexibility index (Phi) is 3.89. The van der Waals surface area contributed by atoms with E-state index in [1.165, 1.54) is 24.4 Å². The molecule has 1 aromatic carbocycles. The third-order valence-electron chi connectivity index (χ3n) is 2.58. The molecule has 1 N–H and O–H groups in total. The Bertz CT molecular complexity index is 562. The van der Waals surface area contributed by atoms with Gasteiger partial charge in [-0.3, -0.25) is 4.98 Å². The van der Waals surface area contributed by atoms with Crippen LogP contribution >= 0.6 is 11.6 Å². The smallest absolute Gasteiger partial charge is 0.147 e. The molecular formula is C13H10ClF2NO. The summed E-state index contributed by atoms with van der Waals surface area (Å²) in [4.78, 5) is 3.60. The molecule has 1 unspecified atom stereocenters. The normalized spacial score (nSPS) is 12.4. The molecule has 2 aromatic rings. The van der Waals surface area contributed by atoms with Crippen molar-refractivity contribution in [3.05, 3.63) is 64.4 Å². The van der Waals surface area contributed by atoms with Gasteiger partial charge in [0, 0.05) is 18.2 Å². The first-order valence-electron chi connectivity index (χ1n) is 5.29. The standard InChI is InChI=1S/C13H10ClF2NO/c14-10-2-1-8(5-11(10)15)6-13(18)9-3-4-17-7-12(9)16/h1-5,7,13,18H,6H2. The van der Waals surface area contributed by atoms with Gasteiger partial charge in [-0.1, -0.05) is 17.7 Å². The SMILES string of the molecule is OC(Cc1ccc(Cl)c(F)c1)c1ccncc1F. The fourth-order valence-corrected chi connectivity index (χ4v) is 1.77. The van der Waals surface area contributed by atoms with Crippen LogP contribution in [0.4, 0.5) is 8.78 Å². The van der Waals surface area contributed by atoms with Gasteiger partial charge >= 0.3 is 0 Å². The monoisotopic (exact) mass is 269 g/mol. The molecule has 18 heavy (non-hydrogen) atoms. The van der Waals surface area contributed by atoms with E-state index in [1.807, 2.05) is 0 Å². The number of hydrogen-bond acceptors (Lipinski definition) is 2. The maximum Gasteiger partial charge on any atom is 0.147 e. The molecule has 94 valence electrons. The van der Waals surface area contributed by atoms with Gasteiger partial charge in [-0.25, -0.2) is 8.78 Å². The Morgan fingerprint density at radius 2 is 2.00 bits per heavy atom. The molecule has 0 fully saturated rings. The predicted molar refractivity (Wildman–Crippen MR) is 64.3 cm³/mol. The summed E-state index contributed by atoms with van der Waals surface area (Å²) in [6.07, 6.45) is 1.48. The lowest BCUT2D eigenvalue weighted by atomic mass is 10.0. The second kappa shape index (κ2) is 5.42. The number of nitrogens with zero attached hydrogens (tertiary/aromatic N) is 1. The topological polar surface area (TPSA) is 33.1 Å². The zero-order chi connectivity index (χ0) is 13.1. The average molecular weight is 270 g/mol. The number of aliphatic hydroxyl groups is 1. The largest absolute Gasteiger partial charge is 0.388 e. The lowest BCUT2D eigenvalue weighted by molar-refractivity contribution is 0.173. The van der Waals surface area contributed by atoms with Gasteiger partial charge in [-0.05, 0) is 23.8 Å². The van der Waals surface area contributed by atoms with Crippen molar-refractivity contribution in [2.75, 3.05) is 0 Å². The summed E-state index contributed by atoms with van der Waals surface area (Å²) in [5, 5.41) is 9.91. The molecule has 5 heteroatoms. The summed E-state index contributed by atoms with van der Waals surface area (Å²) < 4.78 is 26.6. The molecule has 1 atom stereocenters. The fraction of sp³-hybridized carbons (Fsp3) is 0.154. The Labute approximate surface area is 108 Å². The first-order valence-corrected chi connectivity index (χ1v) is 5.67. The van der Waals surface area contributed by atoms with Crippen molar-refractivity contribution < 1.29 is 13.9 Å². The first kappa shape index (κ1) is 12.9. The van der Waals surface area contributed by atoms with Crippen LogP contribution in [0.3, 0.4) is 0 Å². The van der Waals surface area contributed by atoms with Crippen molar-refractivity contribution in [1.82, 2.24) is 4.98 Å². The second-order valence-electron chi connectivity index (χ2n) is 3.87. The van der Waals surface area contributed by atoms with Crippen LogP contribution in [-0.2, 0) is 6.42 Å². The van der Waals surface area contributed by atoms with Crippen LogP contribution in [-0.4, -0.2) is 10.1 Å². The van der Waals surface area contributed by atoms with E-state index >= 15 is 0 Å². The van der Waals surface area contributed by atoms with E-state index < -0.39 is 17.7 Å². The summed E-state index contributed by atoms with van der Waals surface area (Å²) >= 11 is 5.55. The number of rotatable bonds is 3. The van der Waals surface area contributed by atoms with Crippen molar-refractivity contribution >= 4 is 11.6 Å². The molecule has 0 amide bonds. The number of halogens is 3. The molecule has 0 aliphatic heterocycles. The van der Waals surface area contributed by atoms with Crippen molar-refractivity contribution in [2.45, 2.75) is 12.5 Å². The first-order chi connectivity index (χ1) is 8.58. The zero-order valence-corrected chi connectivity index (χ0v) is 10.0. The van der Waals surface area contributed by atoms with Crippen molar-refractivity contribution in [3.63, 3.8) is 0 Å². The van der Waals surface area contributed by atoms with E-state index in [1.54, 1.807) is 6.07 Å². The number of benzene rings is 1. The van der Waals surface area contributed by atoms with E-state index in [0.717, 1.165) is 6.20 Å². The van der Waals surface area contributed by atoms with Crippen LogP contribution in [0.5, 0.6) is 0 Å². The Morgan fingerprint density at radius 3 is 2.67 bits per heavy atom. The molecule has 0 bridgehead atoms. The summed E-state index contributed by atoms with van der Waals surface area (Å²) in [6.45, 7) is 0. The fourth-order valence-electron chi connectivity index (χ4n) is 1.66. The number of aromatic nitrogens is 1. The highest BCUT2D eigenvalue weighted by atomic mass is 35.5. The van der Waals surface area contributed by atoms with Gasteiger partial charge < -0.3 is 5.11 Å². The third-order valence-corrected chi connectivity index (χ3v) is 2.88. The highest BCUT2D eigenvalue weighted by Gasteiger charge is 2.14. The third kappa shape index (κ3) is 2.83. The van der Waals surface area contributed by atoms with Crippen molar-refractivity contribution in [2.24, 2.45) is 0 Å². The van der Waals surface area contributed by atoms with Gasteiger partial charge in [-0.2, -0.15) is 0 Å². The summed E-state index contributed by atoms with van der Waals surface area (Å²) in [5.41, 5.74) is 0.681. The highest BCUT2D eigenvalue weighted by Crippen LogP contribution is 2.22. The number of aliphatic hydroxyl groups excluding tert-OH is 1. The molecule has 2 nitrogen and oxygen atoms in total. The molecule has 1 heterocycles. The number of hydrogen-bond donors (Lipinski definition) is 1. The molecule has 0 aliphatic carbocycles. The number of pyridine rings is 1. The highest BCUT2D eigenvalue weighted by molar-refractivity contribution is 6.30. The molecule has 0 radical (unpaired) electrons. The lowest BCUT2D eigenvalue weighted by Crippen LogP contribution is -2.05. The van der Waals surface area contributed by atoms with Gasteiger partial charge in [0.05, 0.1) is 17.3 Å². The Hall–Kier alpha value is -1.52. The summed E-state index contributed by atoms with van der Waals surface area (Å²) in [5.74, 6) is -1.14. The second-order valence-corrected chi connectivity index (χ2v) is 4.27. The maximum atomic E-state index is 13.4. The van der Waals surface area contributed by atoms with Crippen LogP contribution < -0.4 is 0 Å². The van der Waals surface area contributed by atoms with Gasteiger partial charge in [0.25, 0.3) is 0 Å². The lowest BCUT2D eigenvalue weighted by Gasteiger charge is -2.11. The minimum Gasteiger partial charge on any atom is -0.388 e. The average Bonchev–Trinajstić information content (AvgIpc) is 2.34. The zero-order valence-electron chi connectivity index (χ0n) is 9.28. The Morgan fingerprint density at radius 1 is 1.22 bits per heavy atom. The molecular weight excluding hydrogens is 260 g/mol. The van der Waals surface area contributed by atoms with Gasteiger partial charge in [0.1, 0.15) is 11.6 Å². The van der Waals surface area contributed by atoms with Crippen LogP contribution in [0, 0.1) is 11.6 Å². The van der Waals surface area contributed by atoms with E-state index in [0.29, 0.717) is 5.56 Å². The van der Waals surface area contributed by atoms with E-state index in [4.69, 9.17) is 11.6 Å². The van der Waals surface area contributed by atoms with Gasteiger partial charge in [0.15, 0.2) is 0 Å². The van der Waals surface area contributed by atoms with Crippen molar-refractivity contribution in [3.8, 4) is 0 Å². The van der Waals surface area contributed by atoms with Crippen LogP contribution in [0.1, 0.15) is 17.2 Å². The van der Waals surface area contributed by atoms with Crippen LogP contribution in [0.25, 0.3) is 0 Å². The molecule has 0 spiro atoms. The summed E-state index contributed by atoms with van der Waals surface area (Å²) in [6, 6.07) is 5.62. The minimum absolute atomic E-state index is 0.0170. The molecule has 0 saturated heterocycles. The molecule has 0 aliphatic rings.